The van der Waals surface area contributed by atoms with Crippen molar-refractivity contribution in [2.24, 2.45) is 0 Å². The smallest absolute Gasteiger partial charge is 0.356 e. The van der Waals surface area contributed by atoms with Crippen molar-refractivity contribution in [1.82, 2.24) is 9.78 Å². The van der Waals surface area contributed by atoms with Crippen LogP contribution < -0.4 is 0 Å². The molecular weight excluding hydrogens is 320 g/mol. The van der Waals surface area contributed by atoms with Crippen LogP contribution in [0.3, 0.4) is 0 Å². The average Bonchev–Trinajstić information content (AvgIpc) is 2.82. The molecule has 0 saturated heterocycles. The highest BCUT2D eigenvalue weighted by atomic mass is 79.9. The summed E-state index contributed by atoms with van der Waals surface area (Å²) in [6.45, 7) is 1.84. The van der Waals surface area contributed by atoms with Crippen LogP contribution in [-0.4, -0.2) is 20.9 Å². The monoisotopic (exact) mass is 330 g/mol. The Labute approximate surface area is 123 Å². The lowest BCUT2D eigenvalue weighted by atomic mass is 10.1. The molecule has 20 heavy (non-hydrogen) atoms. The van der Waals surface area contributed by atoms with Crippen LogP contribution in [0.1, 0.15) is 16.2 Å². The van der Waals surface area contributed by atoms with Crippen LogP contribution in [0.5, 0.6) is 0 Å². The standard InChI is InChI=1S/C15H11BrN2O2/c1-9-8-13(15(19)20)17-18(9)14-7-6-12(16)10-4-2-3-5-11(10)14/h2-8H,1H3,(H,19,20). The fourth-order valence-corrected chi connectivity index (χ4v) is 2.73. The molecule has 0 aliphatic carbocycles. The summed E-state index contributed by atoms with van der Waals surface area (Å²) in [6, 6.07) is 13.4. The number of hydrogen-bond donors (Lipinski definition) is 1. The molecule has 3 rings (SSSR count). The fraction of sp³-hybridized carbons (Fsp3) is 0.0667. The van der Waals surface area contributed by atoms with Crippen molar-refractivity contribution in [1.29, 1.82) is 0 Å². The van der Waals surface area contributed by atoms with Gasteiger partial charge in [0, 0.05) is 15.6 Å². The first kappa shape index (κ1) is 12.9. The van der Waals surface area contributed by atoms with Gasteiger partial charge in [0.25, 0.3) is 0 Å². The Hall–Kier alpha value is -2.14. The van der Waals surface area contributed by atoms with Crippen LogP contribution in [-0.2, 0) is 0 Å². The van der Waals surface area contributed by atoms with E-state index in [9.17, 15) is 4.79 Å². The second-order valence-electron chi connectivity index (χ2n) is 4.50. The van der Waals surface area contributed by atoms with Crippen LogP contribution >= 0.6 is 15.9 Å². The van der Waals surface area contributed by atoms with Crippen LogP contribution in [0.2, 0.25) is 0 Å². The van der Waals surface area contributed by atoms with Gasteiger partial charge in [-0.1, -0.05) is 40.2 Å². The number of aromatic carboxylic acids is 1. The molecule has 1 aromatic heterocycles. The molecule has 1 heterocycles. The highest BCUT2D eigenvalue weighted by Gasteiger charge is 2.14. The summed E-state index contributed by atoms with van der Waals surface area (Å²) >= 11 is 3.53. The maximum atomic E-state index is 11.0. The summed E-state index contributed by atoms with van der Waals surface area (Å²) in [5.41, 5.74) is 1.71. The van der Waals surface area contributed by atoms with Crippen LogP contribution in [0, 0.1) is 6.92 Å². The van der Waals surface area contributed by atoms with E-state index >= 15 is 0 Å². The van der Waals surface area contributed by atoms with Crippen molar-refractivity contribution in [2.75, 3.05) is 0 Å². The zero-order valence-electron chi connectivity index (χ0n) is 10.7. The van der Waals surface area contributed by atoms with Gasteiger partial charge in [-0.15, -0.1) is 0 Å². The topological polar surface area (TPSA) is 55.1 Å². The highest BCUT2D eigenvalue weighted by Crippen LogP contribution is 2.29. The minimum atomic E-state index is -1.02. The van der Waals surface area contributed by atoms with Crippen molar-refractivity contribution in [2.45, 2.75) is 6.92 Å². The predicted molar refractivity (Wildman–Crippen MR) is 80.5 cm³/mol. The van der Waals surface area contributed by atoms with Crippen LogP contribution in [0.25, 0.3) is 16.5 Å². The Kier molecular flexibility index (Phi) is 3.06. The third-order valence-corrected chi connectivity index (χ3v) is 3.87. The van der Waals surface area contributed by atoms with Gasteiger partial charge >= 0.3 is 5.97 Å². The van der Waals surface area contributed by atoms with Crippen molar-refractivity contribution in [3.63, 3.8) is 0 Å². The molecule has 0 aliphatic heterocycles. The SMILES string of the molecule is Cc1cc(C(=O)O)nn1-c1ccc(Br)c2ccccc12. The molecule has 100 valence electrons. The molecular formula is C15H11BrN2O2. The number of carboxylic acids is 1. The van der Waals surface area contributed by atoms with E-state index in [2.05, 4.69) is 21.0 Å². The molecule has 0 saturated carbocycles. The molecule has 2 aromatic carbocycles. The largest absolute Gasteiger partial charge is 0.476 e. The molecule has 0 radical (unpaired) electrons. The third kappa shape index (κ3) is 2.00. The average molecular weight is 331 g/mol. The molecule has 5 heteroatoms. The number of aryl methyl sites for hydroxylation is 1. The number of hydrogen-bond acceptors (Lipinski definition) is 2. The minimum Gasteiger partial charge on any atom is -0.476 e. The summed E-state index contributed by atoms with van der Waals surface area (Å²) in [5.74, 6) is -1.02. The Morgan fingerprint density at radius 2 is 1.90 bits per heavy atom. The zero-order valence-corrected chi connectivity index (χ0v) is 12.3. The van der Waals surface area contributed by atoms with E-state index in [-0.39, 0.29) is 5.69 Å². The van der Waals surface area contributed by atoms with Gasteiger partial charge in [0.15, 0.2) is 5.69 Å². The summed E-state index contributed by atoms with van der Waals surface area (Å²) in [6.07, 6.45) is 0. The lowest BCUT2D eigenvalue weighted by molar-refractivity contribution is 0.0690. The Morgan fingerprint density at radius 1 is 1.20 bits per heavy atom. The Bertz CT molecular complexity index is 824. The summed E-state index contributed by atoms with van der Waals surface area (Å²) in [5, 5.41) is 15.3. The van der Waals surface area contributed by atoms with Gasteiger partial charge in [0.1, 0.15) is 0 Å². The lowest BCUT2D eigenvalue weighted by Crippen LogP contribution is -2.03. The zero-order chi connectivity index (χ0) is 14.3. The first-order valence-corrected chi connectivity index (χ1v) is 6.85. The molecule has 0 aliphatic rings. The highest BCUT2D eigenvalue weighted by molar-refractivity contribution is 9.10. The molecule has 1 N–H and O–H groups in total. The maximum Gasteiger partial charge on any atom is 0.356 e. The number of fused-ring (bicyclic) bond motifs is 1. The molecule has 0 atom stereocenters. The molecule has 0 unspecified atom stereocenters. The van der Waals surface area contributed by atoms with Gasteiger partial charge in [0.05, 0.1) is 5.69 Å². The van der Waals surface area contributed by atoms with Crippen molar-refractivity contribution in [3.05, 3.63) is 58.3 Å². The molecule has 0 amide bonds. The lowest BCUT2D eigenvalue weighted by Gasteiger charge is -2.09. The van der Waals surface area contributed by atoms with Gasteiger partial charge in [0.2, 0.25) is 0 Å². The molecule has 0 fully saturated rings. The van der Waals surface area contributed by atoms with E-state index in [1.165, 1.54) is 0 Å². The van der Waals surface area contributed by atoms with E-state index in [1.807, 2.05) is 43.3 Å². The van der Waals surface area contributed by atoms with Gasteiger partial charge in [-0.2, -0.15) is 5.10 Å². The van der Waals surface area contributed by atoms with Gasteiger partial charge in [-0.3, -0.25) is 0 Å². The minimum absolute atomic E-state index is 0.0505. The van der Waals surface area contributed by atoms with E-state index in [4.69, 9.17) is 5.11 Å². The van der Waals surface area contributed by atoms with Crippen molar-refractivity contribution in [3.8, 4) is 5.69 Å². The van der Waals surface area contributed by atoms with Crippen molar-refractivity contribution < 1.29 is 9.90 Å². The normalized spacial score (nSPS) is 10.9. The number of carbonyl (C=O) groups is 1. The number of benzene rings is 2. The number of halogens is 1. The Balaban J connectivity index is 2.30. The number of rotatable bonds is 2. The number of aromatic nitrogens is 2. The third-order valence-electron chi connectivity index (χ3n) is 3.18. The molecule has 0 bridgehead atoms. The number of carboxylic acid groups (broad SMARTS) is 1. The second-order valence-corrected chi connectivity index (χ2v) is 5.35. The van der Waals surface area contributed by atoms with Gasteiger partial charge in [-0.25, -0.2) is 9.48 Å². The van der Waals surface area contributed by atoms with Crippen LogP contribution in [0.15, 0.2) is 46.9 Å². The summed E-state index contributed by atoms with van der Waals surface area (Å²) < 4.78 is 2.67. The molecule has 0 spiro atoms. The maximum absolute atomic E-state index is 11.0. The molecule has 4 nitrogen and oxygen atoms in total. The second kappa shape index (κ2) is 4.76. The number of nitrogens with zero attached hydrogens (tertiary/aromatic N) is 2. The Morgan fingerprint density at radius 3 is 2.55 bits per heavy atom. The van der Waals surface area contributed by atoms with Crippen LogP contribution in [0.4, 0.5) is 0 Å². The van der Waals surface area contributed by atoms with E-state index in [0.717, 1.165) is 26.6 Å². The summed E-state index contributed by atoms with van der Waals surface area (Å²) in [7, 11) is 0. The molecule has 3 aromatic rings. The predicted octanol–water partition coefficient (Wildman–Crippen LogP) is 3.79. The van der Waals surface area contributed by atoms with Gasteiger partial charge < -0.3 is 5.11 Å². The van der Waals surface area contributed by atoms with E-state index in [0.29, 0.717) is 0 Å². The summed E-state index contributed by atoms with van der Waals surface area (Å²) in [4.78, 5) is 11.0. The first-order valence-electron chi connectivity index (χ1n) is 6.05. The first-order chi connectivity index (χ1) is 9.58. The van der Waals surface area contributed by atoms with Crippen molar-refractivity contribution >= 4 is 32.7 Å². The van der Waals surface area contributed by atoms with Gasteiger partial charge in [-0.05, 0) is 30.5 Å². The van der Waals surface area contributed by atoms with E-state index < -0.39 is 5.97 Å². The van der Waals surface area contributed by atoms with E-state index in [1.54, 1.807) is 10.7 Å². The fourth-order valence-electron chi connectivity index (χ4n) is 2.25. The quantitative estimate of drug-likeness (QED) is 0.777.